The molecule has 164 valence electrons. The maximum Gasteiger partial charge on any atom is 0.407 e. The van der Waals surface area contributed by atoms with Crippen molar-refractivity contribution in [2.75, 3.05) is 6.54 Å². The Labute approximate surface area is 176 Å². The largest absolute Gasteiger partial charge is 0.593 e. The predicted molar refractivity (Wildman–Crippen MR) is 114 cm³/mol. The van der Waals surface area contributed by atoms with E-state index in [0.29, 0.717) is 11.3 Å². The number of aryl methyl sites for hydroxylation is 3. The van der Waals surface area contributed by atoms with E-state index in [9.17, 15) is 19.2 Å². The lowest BCUT2D eigenvalue weighted by Crippen LogP contribution is -2.51. The Kier molecular flexibility index (Phi) is 8.56. The molecule has 0 aliphatic rings. The summed E-state index contributed by atoms with van der Waals surface area (Å²) < 4.78 is 20.9. The van der Waals surface area contributed by atoms with Crippen molar-refractivity contribution in [1.29, 1.82) is 0 Å². The summed E-state index contributed by atoms with van der Waals surface area (Å²) in [6.07, 6.45) is -0.193. The Morgan fingerprint density at radius 1 is 1.14 bits per heavy atom. The van der Waals surface area contributed by atoms with Gasteiger partial charge >= 0.3 is 12.1 Å². The predicted octanol–water partition coefficient (Wildman–Crippen LogP) is 3.62. The molecule has 0 bridgehead atoms. The van der Waals surface area contributed by atoms with Crippen LogP contribution in [0.15, 0.2) is 17.0 Å². The first kappa shape index (κ1) is 25.3. The fourth-order valence-corrected chi connectivity index (χ4v) is 4.57. The molecule has 2 atom stereocenters. The summed E-state index contributed by atoms with van der Waals surface area (Å²) in [4.78, 5) is 24.3. The molecule has 0 fully saturated rings. The van der Waals surface area contributed by atoms with E-state index in [1.807, 2.05) is 32.9 Å². The van der Waals surface area contributed by atoms with Gasteiger partial charge in [-0.3, -0.25) is 4.79 Å². The highest BCUT2D eigenvalue weighted by Crippen LogP contribution is 2.28. The van der Waals surface area contributed by atoms with Gasteiger partial charge < -0.3 is 19.7 Å². The molecule has 0 aliphatic carbocycles. The van der Waals surface area contributed by atoms with Gasteiger partial charge in [0.25, 0.3) is 0 Å². The summed E-state index contributed by atoms with van der Waals surface area (Å²) in [5.41, 5.74) is 1.38. The van der Waals surface area contributed by atoms with Gasteiger partial charge in [-0.05, 0) is 53.4 Å². The van der Waals surface area contributed by atoms with E-state index in [4.69, 9.17) is 4.74 Å². The number of carboxylic acids is 1. The zero-order valence-electron chi connectivity index (χ0n) is 18.6. The standard InChI is InChI=1S/C21H34N2O5S/c1-13-11-14(2)16(15(3)12-13)29(27)23-17(18(24)25)21(7,8)9-10-22-19(26)28-20(4,5)6/h11-12,17,23H,9-10H2,1-8H3,(H,22,26)(H,24,25)/t17-,29?/m1/s1. The van der Waals surface area contributed by atoms with Crippen LogP contribution < -0.4 is 10.0 Å². The van der Waals surface area contributed by atoms with Crippen LogP contribution in [0.5, 0.6) is 0 Å². The van der Waals surface area contributed by atoms with Crippen LogP contribution in [0.3, 0.4) is 0 Å². The summed E-state index contributed by atoms with van der Waals surface area (Å²) in [5.74, 6) is -1.09. The molecule has 8 heteroatoms. The highest BCUT2D eigenvalue weighted by Gasteiger charge is 2.39. The number of hydrogen-bond acceptors (Lipinski definition) is 5. The van der Waals surface area contributed by atoms with Crippen LogP contribution >= 0.6 is 0 Å². The average Bonchev–Trinajstić information content (AvgIpc) is 2.49. The van der Waals surface area contributed by atoms with E-state index < -0.39 is 40.5 Å². The van der Waals surface area contributed by atoms with Crippen molar-refractivity contribution >= 4 is 23.4 Å². The second kappa shape index (κ2) is 9.82. The monoisotopic (exact) mass is 426 g/mol. The van der Waals surface area contributed by atoms with Gasteiger partial charge in [0.1, 0.15) is 5.60 Å². The zero-order valence-corrected chi connectivity index (χ0v) is 19.5. The fourth-order valence-electron chi connectivity index (χ4n) is 3.11. The Hall–Kier alpha value is -1.77. The number of amides is 1. The van der Waals surface area contributed by atoms with Gasteiger partial charge in [0.15, 0.2) is 10.9 Å². The lowest BCUT2D eigenvalue weighted by molar-refractivity contribution is -0.142. The normalized spacial score (nSPS) is 14.2. The first-order valence-electron chi connectivity index (χ1n) is 9.59. The van der Waals surface area contributed by atoms with Crippen LogP contribution in [0.4, 0.5) is 4.79 Å². The second-order valence-electron chi connectivity index (χ2n) is 9.05. The number of aliphatic carboxylic acids is 1. The molecule has 0 aromatic heterocycles. The number of carbonyl (C=O) groups is 2. The van der Waals surface area contributed by atoms with Crippen LogP contribution in [0, 0.1) is 26.2 Å². The van der Waals surface area contributed by atoms with E-state index in [0.717, 1.165) is 16.7 Å². The molecule has 1 rings (SSSR count). The van der Waals surface area contributed by atoms with Crippen LogP contribution in [-0.4, -0.2) is 39.9 Å². The number of ether oxygens (including phenoxy) is 1. The molecular weight excluding hydrogens is 392 g/mol. The van der Waals surface area contributed by atoms with Gasteiger partial charge in [0.2, 0.25) is 0 Å². The average molecular weight is 427 g/mol. The van der Waals surface area contributed by atoms with Crippen molar-refractivity contribution in [2.45, 2.75) is 78.3 Å². The van der Waals surface area contributed by atoms with Gasteiger partial charge in [0, 0.05) is 17.7 Å². The van der Waals surface area contributed by atoms with E-state index in [-0.39, 0.29) is 6.54 Å². The maximum atomic E-state index is 12.9. The summed E-state index contributed by atoms with van der Waals surface area (Å²) in [7, 11) is 0. The van der Waals surface area contributed by atoms with Crippen molar-refractivity contribution in [3.63, 3.8) is 0 Å². The molecule has 1 aromatic rings. The van der Waals surface area contributed by atoms with E-state index in [1.165, 1.54) is 0 Å². The molecule has 0 heterocycles. The van der Waals surface area contributed by atoms with E-state index in [1.54, 1.807) is 34.6 Å². The lowest BCUT2D eigenvalue weighted by atomic mass is 9.81. The third kappa shape index (κ3) is 7.87. The minimum atomic E-state index is -1.68. The molecule has 0 aliphatic heterocycles. The first-order valence-corrected chi connectivity index (χ1v) is 10.7. The maximum absolute atomic E-state index is 12.9. The number of benzene rings is 1. The van der Waals surface area contributed by atoms with Crippen molar-refractivity contribution in [1.82, 2.24) is 10.0 Å². The Balaban J connectivity index is 2.85. The Bertz CT molecular complexity index is 720. The first-order chi connectivity index (χ1) is 13.1. The van der Waals surface area contributed by atoms with E-state index >= 15 is 0 Å². The van der Waals surface area contributed by atoms with Crippen molar-refractivity contribution in [3.8, 4) is 0 Å². The van der Waals surface area contributed by atoms with Crippen LogP contribution in [0.2, 0.25) is 0 Å². The smallest absolute Gasteiger partial charge is 0.407 e. The number of nitrogens with one attached hydrogen (secondary N) is 2. The number of rotatable bonds is 8. The van der Waals surface area contributed by atoms with Gasteiger partial charge in [-0.2, -0.15) is 0 Å². The molecule has 0 radical (unpaired) electrons. The summed E-state index contributed by atoms with van der Waals surface area (Å²) in [5, 5.41) is 12.4. The third-order valence-corrected chi connectivity index (χ3v) is 5.95. The Morgan fingerprint density at radius 2 is 1.66 bits per heavy atom. The van der Waals surface area contributed by atoms with Crippen molar-refractivity contribution in [3.05, 3.63) is 28.8 Å². The van der Waals surface area contributed by atoms with Crippen molar-refractivity contribution in [2.24, 2.45) is 5.41 Å². The third-order valence-electron chi connectivity index (χ3n) is 4.48. The lowest BCUT2D eigenvalue weighted by Gasteiger charge is -2.32. The topological polar surface area (TPSA) is 111 Å². The Morgan fingerprint density at radius 3 is 2.10 bits per heavy atom. The number of hydrogen-bond donors (Lipinski definition) is 3. The van der Waals surface area contributed by atoms with Gasteiger partial charge in [-0.15, -0.1) is 4.72 Å². The number of carbonyl (C=O) groups excluding carboxylic acids is 1. The van der Waals surface area contributed by atoms with Crippen LogP contribution in [0.1, 0.15) is 57.7 Å². The summed E-state index contributed by atoms with van der Waals surface area (Å²) in [6.45, 7) is 14.8. The molecule has 7 nitrogen and oxygen atoms in total. The molecule has 3 N–H and O–H groups in total. The zero-order chi connectivity index (χ0) is 22.6. The fraction of sp³-hybridized carbons (Fsp3) is 0.619. The van der Waals surface area contributed by atoms with Crippen LogP contribution in [-0.2, 0) is 20.9 Å². The van der Waals surface area contributed by atoms with Crippen LogP contribution in [0.25, 0.3) is 0 Å². The summed E-state index contributed by atoms with van der Waals surface area (Å²) >= 11 is -1.68. The second-order valence-corrected chi connectivity index (χ2v) is 10.2. The molecule has 1 amide bonds. The molecule has 0 saturated heterocycles. The minimum absolute atomic E-state index is 0.239. The highest BCUT2D eigenvalue weighted by atomic mass is 32.2. The molecule has 1 unspecified atom stereocenters. The molecular formula is C21H34N2O5S. The van der Waals surface area contributed by atoms with Crippen molar-refractivity contribution < 1.29 is 24.0 Å². The van der Waals surface area contributed by atoms with Gasteiger partial charge in [0.05, 0.1) is 11.4 Å². The van der Waals surface area contributed by atoms with E-state index in [2.05, 4.69) is 10.0 Å². The molecule has 0 spiro atoms. The molecule has 29 heavy (non-hydrogen) atoms. The number of alkyl carbamates (subject to hydrolysis) is 1. The minimum Gasteiger partial charge on any atom is -0.593 e. The number of carboxylic acid groups (broad SMARTS) is 1. The summed E-state index contributed by atoms with van der Waals surface area (Å²) in [6, 6.07) is 2.78. The van der Waals surface area contributed by atoms with Gasteiger partial charge in [-0.25, -0.2) is 4.79 Å². The highest BCUT2D eigenvalue weighted by molar-refractivity contribution is 7.89. The molecule has 0 saturated carbocycles. The molecule has 1 aromatic carbocycles. The quantitative estimate of drug-likeness (QED) is 0.548. The SMILES string of the molecule is Cc1cc(C)c([S+]([O-])N[C@H](C(=O)O)C(C)(C)CCNC(=O)OC(C)(C)C)c(C)c1. The van der Waals surface area contributed by atoms with Gasteiger partial charge in [-0.1, -0.05) is 31.5 Å².